The summed E-state index contributed by atoms with van der Waals surface area (Å²) in [6.07, 6.45) is 1.56. The van der Waals surface area contributed by atoms with Gasteiger partial charge in [-0.3, -0.25) is 9.59 Å². The molecule has 4 heteroatoms. The molecule has 1 saturated heterocycles. The molecule has 1 amide bonds. The minimum absolute atomic E-state index is 0.105. The van der Waals surface area contributed by atoms with Gasteiger partial charge in [0.25, 0.3) is 0 Å². The molecule has 0 aromatic rings. The molecule has 0 bridgehead atoms. The Kier molecular flexibility index (Phi) is 4.12. The molecule has 0 N–H and O–H groups in total. The predicted molar refractivity (Wildman–Crippen MR) is 56.2 cm³/mol. The van der Waals surface area contributed by atoms with Gasteiger partial charge in [0, 0.05) is 32.4 Å². The Morgan fingerprint density at radius 1 is 1.67 bits per heavy atom. The predicted octanol–water partition coefficient (Wildman–Crippen LogP) is 1.20. The minimum Gasteiger partial charge on any atom is -0.463 e. The minimum atomic E-state index is -0.261. The highest BCUT2D eigenvalue weighted by Crippen LogP contribution is 2.17. The summed E-state index contributed by atoms with van der Waals surface area (Å²) >= 11 is 0. The van der Waals surface area contributed by atoms with Crippen LogP contribution in [0.3, 0.4) is 0 Å². The van der Waals surface area contributed by atoms with Gasteiger partial charge in [-0.1, -0.05) is 6.92 Å². The average Bonchev–Trinajstić information content (AvgIpc) is 2.44. The number of carbonyl (C=O) groups is 2. The van der Waals surface area contributed by atoms with Gasteiger partial charge < -0.3 is 9.64 Å². The number of ether oxygens (including phenoxy) is 1. The van der Waals surface area contributed by atoms with E-state index in [4.69, 9.17) is 4.74 Å². The van der Waals surface area contributed by atoms with Crippen molar-refractivity contribution in [1.29, 1.82) is 0 Å². The Balaban J connectivity index is 2.25. The fourth-order valence-electron chi connectivity index (χ4n) is 1.80. The highest BCUT2D eigenvalue weighted by atomic mass is 16.5. The molecule has 0 spiro atoms. The van der Waals surface area contributed by atoms with Crippen molar-refractivity contribution in [2.24, 2.45) is 5.92 Å². The molecule has 86 valence electrons. The third-order valence-electron chi connectivity index (χ3n) is 2.74. The largest absolute Gasteiger partial charge is 0.463 e. The van der Waals surface area contributed by atoms with Crippen molar-refractivity contribution >= 4 is 11.9 Å². The van der Waals surface area contributed by atoms with E-state index < -0.39 is 0 Å². The standard InChI is InChI=1S/C11H19NO3/c1-8-4-6-12(11(8)14)7-5-9(2)15-10(3)13/h8-9H,4-7H2,1-3H3. The first-order chi connectivity index (χ1) is 7.00. The smallest absolute Gasteiger partial charge is 0.302 e. The molecule has 2 unspecified atom stereocenters. The summed E-state index contributed by atoms with van der Waals surface area (Å²) in [7, 11) is 0. The second-order valence-electron chi connectivity index (χ2n) is 4.22. The first kappa shape index (κ1) is 12.0. The maximum absolute atomic E-state index is 11.6. The van der Waals surface area contributed by atoms with Gasteiger partial charge in [0.15, 0.2) is 0 Å². The van der Waals surface area contributed by atoms with Crippen LogP contribution in [-0.2, 0) is 14.3 Å². The molecule has 1 aliphatic heterocycles. The summed E-state index contributed by atoms with van der Waals surface area (Å²) in [5.41, 5.74) is 0. The van der Waals surface area contributed by atoms with Crippen LogP contribution in [0.2, 0.25) is 0 Å². The summed E-state index contributed by atoms with van der Waals surface area (Å²) in [4.78, 5) is 24.1. The number of rotatable bonds is 4. The fraction of sp³-hybridized carbons (Fsp3) is 0.818. The zero-order valence-corrected chi connectivity index (χ0v) is 9.66. The zero-order chi connectivity index (χ0) is 11.4. The van der Waals surface area contributed by atoms with Gasteiger partial charge >= 0.3 is 5.97 Å². The van der Waals surface area contributed by atoms with Gasteiger partial charge in [-0.25, -0.2) is 0 Å². The fourth-order valence-corrected chi connectivity index (χ4v) is 1.80. The van der Waals surface area contributed by atoms with Gasteiger partial charge in [0.1, 0.15) is 6.10 Å². The lowest BCUT2D eigenvalue weighted by Gasteiger charge is -2.18. The average molecular weight is 213 g/mol. The Morgan fingerprint density at radius 2 is 2.33 bits per heavy atom. The van der Waals surface area contributed by atoms with Crippen molar-refractivity contribution in [3.63, 3.8) is 0 Å². The number of amides is 1. The first-order valence-corrected chi connectivity index (χ1v) is 5.46. The number of nitrogens with zero attached hydrogens (tertiary/aromatic N) is 1. The van der Waals surface area contributed by atoms with Crippen molar-refractivity contribution in [3.8, 4) is 0 Å². The first-order valence-electron chi connectivity index (χ1n) is 5.46. The van der Waals surface area contributed by atoms with E-state index in [1.807, 2.05) is 18.7 Å². The molecule has 2 atom stereocenters. The van der Waals surface area contributed by atoms with Gasteiger partial charge in [-0.15, -0.1) is 0 Å². The lowest BCUT2D eigenvalue weighted by Crippen LogP contribution is -2.30. The number of likely N-dealkylation sites (tertiary alicyclic amines) is 1. The van der Waals surface area contributed by atoms with E-state index in [0.717, 1.165) is 19.4 Å². The SMILES string of the molecule is CC(=O)OC(C)CCN1CCC(C)C1=O. The Morgan fingerprint density at radius 3 is 2.80 bits per heavy atom. The van der Waals surface area contributed by atoms with Crippen LogP contribution in [-0.4, -0.2) is 36.0 Å². The topological polar surface area (TPSA) is 46.6 Å². The van der Waals surface area contributed by atoms with E-state index in [1.165, 1.54) is 6.92 Å². The van der Waals surface area contributed by atoms with E-state index in [1.54, 1.807) is 0 Å². The molecule has 0 aliphatic carbocycles. The summed E-state index contributed by atoms with van der Waals surface area (Å²) in [5.74, 6) is 0.127. The molecule has 1 heterocycles. The molecular weight excluding hydrogens is 194 g/mol. The molecule has 0 radical (unpaired) electrons. The molecular formula is C11H19NO3. The molecule has 0 aromatic heterocycles. The molecule has 1 aliphatic rings. The summed E-state index contributed by atoms with van der Waals surface area (Å²) in [6.45, 7) is 6.74. The van der Waals surface area contributed by atoms with Crippen LogP contribution in [0.25, 0.3) is 0 Å². The van der Waals surface area contributed by atoms with Crippen LogP contribution in [0.15, 0.2) is 0 Å². The maximum atomic E-state index is 11.6. The van der Waals surface area contributed by atoms with Gasteiger partial charge in [0.05, 0.1) is 0 Å². The molecule has 1 fully saturated rings. The quantitative estimate of drug-likeness (QED) is 0.659. The lowest BCUT2D eigenvalue weighted by atomic mass is 10.1. The summed E-state index contributed by atoms with van der Waals surface area (Å²) in [6, 6.07) is 0. The Bertz CT molecular complexity index is 252. The van der Waals surface area contributed by atoms with Gasteiger partial charge in [-0.05, 0) is 13.3 Å². The lowest BCUT2D eigenvalue weighted by molar-refractivity contribution is -0.145. The second kappa shape index (κ2) is 5.14. The number of hydrogen-bond acceptors (Lipinski definition) is 3. The van der Waals surface area contributed by atoms with Crippen LogP contribution >= 0.6 is 0 Å². The van der Waals surface area contributed by atoms with E-state index in [-0.39, 0.29) is 23.9 Å². The van der Waals surface area contributed by atoms with Crippen LogP contribution in [0.4, 0.5) is 0 Å². The number of esters is 1. The van der Waals surface area contributed by atoms with Gasteiger partial charge in [-0.2, -0.15) is 0 Å². The van der Waals surface area contributed by atoms with Crippen LogP contribution in [0.1, 0.15) is 33.6 Å². The normalized spacial score (nSPS) is 23.0. The van der Waals surface area contributed by atoms with Crippen molar-refractivity contribution < 1.29 is 14.3 Å². The maximum Gasteiger partial charge on any atom is 0.302 e. The summed E-state index contributed by atoms with van der Waals surface area (Å²) in [5, 5.41) is 0. The van der Waals surface area contributed by atoms with Gasteiger partial charge in [0.2, 0.25) is 5.91 Å². The van der Waals surface area contributed by atoms with E-state index in [2.05, 4.69) is 0 Å². The van der Waals surface area contributed by atoms with Crippen molar-refractivity contribution in [1.82, 2.24) is 4.90 Å². The Hall–Kier alpha value is -1.06. The third-order valence-corrected chi connectivity index (χ3v) is 2.74. The molecule has 4 nitrogen and oxygen atoms in total. The summed E-state index contributed by atoms with van der Waals surface area (Å²) < 4.78 is 5.00. The van der Waals surface area contributed by atoms with Crippen LogP contribution in [0, 0.1) is 5.92 Å². The van der Waals surface area contributed by atoms with Crippen molar-refractivity contribution in [2.75, 3.05) is 13.1 Å². The van der Waals surface area contributed by atoms with Crippen molar-refractivity contribution in [2.45, 2.75) is 39.7 Å². The van der Waals surface area contributed by atoms with E-state index in [0.29, 0.717) is 6.54 Å². The highest BCUT2D eigenvalue weighted by molar-refractivity contribution is 5.80. The van der Waals surface area contributed by atoms with E-state index >= 15 is 0 Å². The molecule has 0 saturated carbocycles. The molecule has 0 aromatic carbocycles. The zero-order valence-electron chi connectivity index (χ0n) is 9.66. The second-order valence-corrected chi connectivity index (χ2v) is 4.22. The van der Waals surface area contributed by atoms with E-state index in [9.17, 15) is 9.59 Å². The molecule has 1 rings (SSSR count). The van der Waals surface area contributed by atoms with Crippen LogP contribution < -0.4 is 0 Å². The van der Waals surface area contributed by atoms with Crippen LogP contribution in [0.5, 0.6) is 0 Å². The monoisotopic (exact) mass is 213 g/mol. The third kappa shape index (κ3) is 3.53. The number of hydrogen-bond donors (Lipinski definition) is 0. The number of carbonyl (C=O) groups excluding carboxylic acids is 2. The Labute approximate surface area is 90.6 Å². The highest BCUT2D eigenvalue weighted by Gasteiger charge is 2.27. The molecule has 15 heavy (non-hydrogen) atoms. The van der Waals surface area contributed by atoms with Crippen molar-refractivity contribution in [3.05, 3.63) is 0 Å².